The number of carbonyl (C=O) groups is 1. The van der Waals surface area contributed by atoms with Crippen molar-refractivity contribution < 1.29 is 19.7 Å². The first-order chi connectivity index (χ1) is 30.3. The highest BCUT2D eigenvalue weighted by Gasteiger charge is 2.57. The molecule has 3 saturated carbocycles. The molecule has 4 rings (SSSR count). The fraction of sp³-hybridized carbons (Fsp3) is 0.879. The number of hydrogen-bond donors (Lipinski definition) is 2. The molecule has 0 spiro atoms. The van der Waals surface area contributed by atoms with Gasteiger partial charge in [0, 0.05) is 26.0 Å². The van der Waals surface area contributed by atoms with Crippen molar-refractivity contribution in [1.82, 2.24) is 4.90 Å². The maximum Gasteiger partial charge on any atom is 0.306 e. The zero-order chi connectivity index (χ0) is 45.7. The topological polar surface area (TPSA) is 70.0 Å². The van der Waals surface area contributed by atoms with E-state index in [1.165, 1.54) is 108 Å². The Kier molecular flexibility index (Phi) is 24.7. The average Bonchev–Trinajstić information content (AvgIpc) is 3.62. The van der Waals surface area contributed by atoms with Gasteiger partial charge in [0.2, 0.25) is 0 Å². The fourth-order valence-corrected chi connectivity index (χ4v) is 12.8. The number of rotatable bonds is 33. The van der Waals surface area contributed by atoms with Gasteiger partial charge in [-0.15, -0.1) is 0 Å². The number of esters is 1. The lowest BCUT2D eigenvalue weighted by molar-refractivity contribution is -0.151. The van der Waals surface area contributed by atoms with Gasteiger partial charge in [-0.1, -0.05) is 187 Å². The Labute approximate surface area is 390 Å². The van der Waals surface area contributed by atoms with Gasteiger partial charge < -0.3 is 19.8 Å². The summed E-state index contributed by atoms with van der Waals surface area (Å²) in [4.78, 5) is 15.5. The lowest BCUT2D eigenvalue weighted by atomic mass is 9.50. The Morgan fingerprint density at radius 2 is 1.38 bits per heavy atom. The van der Waals surface area contributed by atoms with E-state index < -0.39 is 0 Å². The van der Waals surface area contributed by atoms with Gasteiger partial charge in [-0.2, -0.15) is 0 Å². The van der Waals surface area contributed by atoms with Crippen molar-refractivity contribution >= 4 is 5.97 Å². The highest BCUT2D eigenvalue weighted by atomic mass is 16.5. The van der Waals surface area contributed by atoms with Crippen molar-refractivity contribution in [2.75, 3.05) is 26.2 Å². The number of carbonyl (C=O) groups excluding carboxylic acids is 1. The molecule has 10 atom stereocenters. The largest absolute Gasteiger partial charge is 0.462 e. The van der Waals surface area contributed by atoms with Gasteiger partial charge in [0.25, 0.3) is 0 Å². The number of allylic oxidation sites excluding steroid dienone is 5. The van der Waals surface area contributed by atoms with Gasteiger partial charge in [0.1, 0.15) is 6.10 Å². The van der Waals surface area contributed by atoms with Crippen LogP contribution in [0.3, 0.4) is 0 Å². The quantitative estimate of drug-likeness (QED) is 0.0390. The molecule has 5 nitrogen and oxygen atoms in total. The van der Waals surface area contributed by atoms with Crippen LogP contribution in [0.15, 0.2) is 35.5 Å². The Morgan fingerprint density at radius 1 is 0.746 bits per heavy atom. The Morgan fingerprint density at radius 3 is 2.06 bits per heavy atom. The van der Waals surface area contributed by atoms with Crippen LogP contribution in [-0.2, 0) is 9.53 Å². The van der Waals surface area contributed by atoms with E-state index >= 15 is 0 Å². The number of hydrogen-bond acceptors (Lipinski definition) is 5. The monoisotopic (exact) mass is 878 g/mol. The van der Waals surface area contributed by atoms with Crippen LogP contribution in [0.25, 0.3) is 0 Å². The number of aliphatic hydroxyl groups is 2. The van der Waals surface area contributed by atoms with Gasteiger partial charge >= 0.3 is 5.97 Å². The van der Waals surface area contributed by atoms with Crippen LogP contribution in [-0.4, -0.2) is 59.5 Å². The summed E-state index contributed by atoms with van der Waals surface area (Å²) < 4.78 is 6.17. The minimum Gasteiger partial charge on any atom is -0.462 e. The van der Waals surface area contributed by atoms with Crippen molar-refractivity contribution in [1.29, 1.82) is 0 Å². The lowest BCUT2D eigenvalue weighted by Crippen LogP contribution is -2.46. The molecule has 0 aromatic rings. The van der Waals surface area contributed by atoms with Gasteiger partial charge in [-0.25, -0.2) is 0 Å². The van der Waals surface area contributed by atoms with Gasteiger partial charge in [0.15, 0.2) is 0 Å². The minimum atomic E-state index is -0.271. The third kappa shape index (κ3) is 17.3. The molecule has 0 heterocycles. The van der Waals surface area contributed by atoms with E-state index in [2.05, 4.69) is 84.6 Å². The molecule has 0 aliphatic heterocycles. The summed E-state index contributed by atoms with van der Waals surface area (Å²) in [7, 11) is 0. The van der Waals surface area contributed by atoms with E-state index in [1.807, 2.05) is 0 Å². The molecule has 0 saturated heterocycles. The van der Waals surface area contributed by atoms with Crippen LogP contribution in [0, 0.1) is 52.3 Å². The molecular weight excluding hydrogens is 775 g/mol. The maximum absolute atomic E-state index is 13.1. The van der Waals surface area contributed by atoms with E-state index in [1.54, 1.807) is 5.57 Å². The number of fused-ring (bicyclic) bond motifs is 5. The highest BCUT2D eigenvalue weighted by molar-refractivity contribution is 5.69. The van der Waals surface area contributed by atoms with Crippen LogP contribution < -0.4 is 0 Å². The van der Waals surface area contributed by atoms with Crippen LogP contribution in [0.4, 0.5) is 0 Å². The molecule has 0 bridgehead atoms. The van der Waals surface area contributed by atoms with Crippen molar-refractivity contribution in [3.05, 3.63) is 35.5 Å². The van der Waals surface area contributed by atoms with E-state index in [-0.39, 0.29) is 30.2 Å². The van der Waals surface area contributed by atoms with Crippen LogP contribution in [0.5, 0.6) is 0 Å². The molecule has 0 radical (unpaired) electrons. The number of aliphatic hydroxyl groups excluding tert-OH is 2. The lowest BCUT2D eigenvalue weighted by Gasteiger charge is -2.55. The standard InChI is InChI=1S/C58H103NO4/c1-9-10-19-26-46(4)27-20-15-13-11-12-14-16-21-28-50(61)44-59(41-24-25-42-60)40-23-18-17-22-29-56(62)63-51-36-38-57(7)49(43-51)32-33-52-54-35-34-53(58(54,8)39-37-55(52)57)48(6)31-30-47(5)45(2)3/h30-33,45-48,50-51,53-55,60-61H,9-29,34-44H2,1-8H3/b31-30+. The summed E-state index contributed by atoms with van der Waals surface area (Å²) in [5.41, 5.74) is 3.88. The molecule has 63 heavy (non-hydrogen) atoms. The fourth-order valence-electron chi connectivity index (χ4n) is 12.8. The second-order valence-corrected chi connectivity index (χ2v) is 22.9. The predicted molar refractivity (Wildman–Crippen MR) is 269 cm³/mol. The number of nitrogens with zero attached hydrogens (tertiary/aromatic N) is 1. The third-order valence-corrected chi connectivity index (χ3v) is 17.5. The van der Waals surface area contributed by atoms with Crippen LogP contribution >= 0.6 is 0 Å². The SMILES string of the molecule is CCCCCC(C)CCCCCCCCCCC(O)CN(CCCCO)CCCCCCC(=O)OC1CCC2(C)C(=CC=C3C2CCC2(C)C3CCC2C(C)/C=C/C(C)C(C)C)C1. The molecule has 0 aromatic heterocycles. The summed E-state index contributed by atoms with van der Waals surface area (Å²) in [6.45, 7) is 22.3. The van der Waals surface area contributed by atoms with Crippen molar-refractivity contribution in [2.24, 2.45) is 52.3 Å². The van der Waals surface area contributed by atoms with Crippen molar-refractivity contribution in [3.8, 4) is 0 Å². The molecular formula is C58H103NO4. The zero-order valence-electron chi connectivity index (χ0n) is 42.8. The minimum absolute atomic E-state index is 0.0143. The summed E-state index contributed by atoms with van der Waals surface area (Å²) in [6, 6.07) is 0. The first-order valence-electron chi connectivity index (χ1n) is 27.6. The smallest absolute Gasteiger partial charge is 0.306 e. The van der Waals surface area contributed by atoms with E-state index in [9.17, 15) is 15.0 Å². The first kappa shape index (κ1) is 54.2. The van der Waals surface area contributed by atoms with Gasteiger partial charge in [0.05, 0.1) is 6.10 Å². The second kappa shape index (κ2) is 28.7. The Hall–Kier alpha value is -1.43. The molecule has 4 aliphatic carbocycles. The van der Waals surface area contributed by atoms with Gasteiger partial charge in [-0.05, 0) is 136 Å². The summed E-state index contributed by atoms with van der Waals surface area (Å²) in [6.07, 6.45) is 42.9. The van der Waals surface area contributed by atoms with Crippen molar-refractivity contribution in [3.63, 3.8) is 0 Å². The Bertz CT molecular complexity index is 1370. The number of ether oxygens (including phenoxy) is 1. The zero-order valence-corrected chi connectivity index (χ0v) is 42.8. The molecule has 5 heteroatoms. The average molecular weight is 878 g/mol. The van der Waals surface area contributed by atoms with Crippen LogP contribution in [0.2, 0.25) is 0 Å². The highest BCUT2D eigenvalue weighted by Crippen LogP contribution is 2.66. The summed E-state index contributed by atoms with van der Waals surface area (Å²) in [5.74, 6) is 4.97. The molecule has 3 fully saturated rings. The summed E-state index contributed by atoms with van der Waals surface area (Å²) >= 11 is 0. The third-order valence-electron chi connectivity index (χ3n) is 17.5. The molecule has 4 aliphatic rings. The summed E-state index contributed by atoms with van der Waals surface area (Å²) in [5, 5.41) is 20.3. The van der Waals surface area contributed by atoms with Crippen LogP contribution in [0.1, 0.15) is 235 Å². The predicted octanol–water partition coefficient (Wildman–Crippen LogP) is 15.4. The van der Waals surface area contributed by atoms with Gasteiger partial charge in [-0.3, -0.25) is 4.79 Å². The van der Waals surface area contributed by atoms with Crippen molar-refractivity contribution in [2.45, 2.75) is 247 Å². The second-order valence-electron chi connectivity index (χ2n) is 22.9. The van der Waals surface area contributed by atoms with E-state index in [0.717, 1.165) is 102 Å². The number of unbranched alkanes of at least 4 members (excludes halogenated alkanes) is 13. The molecule has 364 valence electrons. The molecule has 2 N–H and O–H groups in total. The molecule has 10 unspecified atom stereocenters. The molecule has 0 amide bonds. The first-order valence-corrected chi connectivity index (χ1v) is 27.6. The maximum atomic E-state index is 13.1. The Balaban J connectivity index is 1.09. The van der Waals surface area contributed by atoms with E-state index in [0.29, 0.717) is 41.4 Å². The molecule has 0 aromatic carbocycles. The normalized spacial score (nSPS) is 27.7. The van der Waals surface area contributed by atoms with E-state index in [4.69, 9.17) is 4.74 Å².